The lowest BCUT2D eigenvalue weighted by atomic mass is 10.2. The Labute approximate surface area is 67.0 Å². The van der Waals surface area contributed by atoms with Crippen LogP contribution in [0.15, 0.2) is 12.4 Å². The molecule has 1 heterocycles. The molecule has 0 aliphatic heterocycles. The van der Waals surface area contributed by atoms with Gasteiger partial charge in [-0.3, -0.25) is 4.98 Å². The van der Waals surface area contributed by atoms with Crippen LogP contribution in [0.25, 0.3) is 0 Å². The van der Waals surface area contributed by atoms with Gasteiger partial charge in [-0.15, -0.1) is 0 Å². The van der Waals surface area contributed by atoms with Crippen molar-refractivity contribution in [3.8, 4) is 5.75 Å². The summed E-state index contributed by atoms with van der Waals surface area (Å²) in [6.07, 6.45) is -1.07. The molecule has 0 amide bonds. The molecule has 0 atom stereocenters. The van der Waals surface area contributed by atoms with E-state index in [9.17, 15) is 13.2 Å². The molecule has 0 bridgehead atoms. The molecule has 1 aromatic rings. The molecule has 1 aromatic heterocycles. The van der Waals surface area contributed by atoms with Crippen LogP contribution >= 0.6 is 0 Å². The Morgan fingerprint density at radius 1 is 1.42 bits per heavy atom. The molecule has 0 spiro atoms. The topological polar surface area (TPSA) is 22.1 Å². The van der Waals surface area contributed by atoms with E-state index >= 15 is 0 Å². The molecule has 0 aromatic carbocycles. The summed E-state index contributed by atoms with van der Waals surface area (Å²) in [7, 11) is 1.13. The van der Waals surface area contributed by atoms with Crippen LogP contribution < -0.4 is 4.74 Å². The summed E-state index contributed by atoms with van der Waals surface area (Å²) in [6, 6.07) is 0. The average molecular weight is 177 g/mol. The van der Waals surface area contributed by atoms with E-state index in [1.165, 1.54) is 0 Å². The molecule has 0 fully saturated rings. The van der Waals surface area contributed by atoms with Crippen molar-refractivity contribution < 1.29 is 17.9 Å². The highest BCUT2D eigenvalue weighted by atomic mass is 19.3. The Morgan fingerprint density at radius 2 is 2.08 bits per heavy atom. The maximum absolute atomic E-state index is 12.7. The van der Waals surface area contributed by atoms with Gasteiger partial charge in [-0.05, 0) is 0 Å². The van der Waals surface area contributed by atoms with E-state index < -0.39 is 23.6 Å². The zero-order chi connectivity index (χ0) is 9.14. The second kappa shape index (κ2) is 3.42. The summed E-state index contributed by atoms with van der Waals surface area (Å²) in [4.78, 5) is 3.28. The lowest BCUT2D eigenvalue weighted by molar-refractivity contribution is 0.145. The fraction of sp³-hybridized carbons (Fsp3) is 0.286. The van der Waals surface area contributed by atoms with Crippen LogP contribution in [0.3, 0.4) is 0 Å². The van der Waals surface area contributed by atoms with Crippen molar-refractivity contribution in [2.24, 2.45) is 0 Å². The minimum absolute atomic E-state index is 0.444. The number of methoxy groups -OCH3 is 1. The lowest BCUT2D eigenvalue weighted by Crippen LogP contribution is -1.96. The predicted octanol–water partition coefficient (Wildman–Crippen LogP) is 2.17. The summed E-state index contributed by atoms with van der Waals surface area (Å²) in [5, 5.41) is 0. The maximum Gasteiger partial charge on any atom is 0.269 e. The van der Waals surface area contributed by atoms with Gasteiger partial charge < -0.3 is 4.74 Å². The SMILES string of the molecule is COc1c(F)cncc1C(F)F. The van der Waals surface area contributed by atoms with Crippen molar-refractivity contribution in [1.29, 1.82) is 0 Å². The Bertz CT molecular complexity index is 277. The van der Waals surface area contributed by atoms with Gasteiger partial charge >= 0.3 is 0 Å². The van der Waals surface area contributed by atoms with Gasteiger partial charge in [-0.1, -0.05) is 0 Å². The van der Waals surface area contributed by atoms with E-state index in [0.717, 1.165) is 19.5 Å². The Kier molecular flexibility index (Phi) is 2.52. The Balaban J connectivity index is 3.18. The third-order valence-electron chi connectivity index (χ3n) is 1.32. The van der Waals surface area contributed by atoms with Crippen molar-refractivity contribution in [3.63, 3.8) is 0 Å². The molecule has 2 nitrogen and oxygen atoms in total. The van der Waals surface area contributed by atoms with Gasteiger partial charge in [0.2, 0.25) is 0 Å². The molecule has 0 radical (unpaired) electrons. The number of hydrogen-bond acceptors (Lipinski definition) is 2. The van der Waals surface area contributed by atoms with E-state index in [1.54, 1.807) is 0 Å². The normalized spacial score (nSPS) is 10.4. The number of alkyl halides is 2. The minimum Gasteiger partial charge on any atom is -0.493 e. The summed E-state index contributed by atoms with van der Waals surface area (Å²) in [6.45, 7) is 0. The summed E-state index contributed by atoms with van der Waals surface area (Å²) >= 11 is 0. The van der Waals surface area contributed by atoms with Crippen LogP contribution in [-0.4, -0.2) is 12.1 Å². The van der Waals surface area contributed by atoms with E-state index in [1.807, 2.05) is 0 Å². The van der Waals surface area contributed by atoms with Crippen LogP contribution in [0.1, 0.15) is 12.0 Å². The van der Waals surface area contributed by atoms with Crippen LogP contribution in [0.4, 0.5) is 13.2 Å². The number of ether oxygens (including phenoxy) is 1. The fourth-order valence-corrected chi connectivity index (χ4v) is 0.809. The number of rotatable bonds is 2. The summed E-state index contributed by atoms with van der Waals surface area (Å²) < 4.78 is 41.3. The van der Waals surface area contributed by atoms with Gasteiger partial charge in [0.1, 0.15) is 0 Å². The van der Waals surface area contributed by atoms with Gasteiger partial charge in [0.05, 0.1) is 18.9 Å². The van der Waals surface area contributed by atoms with Crippen molar-refractivity contribution in [3.05, 3.63) is 23.8 Å². The van der Waals surface area contributed by atoms with Crippen LogP contribution in [0, 0.1) is 5.82 Å². The molecular formula is C7H6F3NO. The highest BCUT2D eigenvalue weighted by Gasteiger charge is 2.17. The van der Waals surface area contributed by atoms with E-state index in [0.29, 0.717) is 0 Å². The third-order valence-corrected chi connectivity index (χ3v) is 1.32. The summed E-state index contributed by atoms with van der Waals surface area (Å²) in [5.74, 6) is -1.32. The molecule has 0 aliphatic rings. The van der Waals surface area contributed by atoms with Crippen molar-refractivity contribution in [1.82, 2.24) is 4.98 Å². The zero-order valence-corrected chi connectivity index (χ0v) is 6.22. The highest BCUT2D eigenvalue weighted by molar-refractivity contribution is 5.32. The third kappa shape index (κ3) is 1.49. The molecule has 0 unspecified atom stereocenters. The van der Waals surface area contributed by atoms with Crippen molar-refractivity contribution >= 4 is 0 Å². The van der Waals surface area contributed by atoms with Crippen LogP contribution in [-0.2, 0) is 0 Å². The first kappa shape index (κ1) is 8.83. The lowest BCUT2D eigenvalue weighted by Gasteiger charge is -2.06. The molecule has 5 heteroatoms. The molecular weight excluding hydrogens is 171 g/mol. The number of hydrogen-bond donors (Lipinski definition) is 0. The van der Waals surface area contributed by atoms with Gasteiger partial charge in [0.15, 0.2) is 11.6 Å². The second-order valence-corrected chi connectivity index (χ2v) is 2.04. The maximum atomic E-state index is 12.7. The number of halogens is 3. The largest absolute Gasteiger partial charge is 0.493 e. The molecule has 0 saturated carbocycles. The average Bonchev–Trinajstić information content (AvgIpc) is 2.03. The molecule has 0 aliphatic carbocycles. The first-order valence-electron chi connectivity index (χ1n) is 3.12. The van der Waals surface area contributed by atoms with Crippen LogP contribution in [0.5, 0.6) is 5.75 Å². The van der Waals surface area contributed by atoms with Gasteiger partial charge in [-0.25, -0.2) is 13.2 Å². The predicted molar refractivity (Wildman–Crippen MR) is 35.7 cm³/mol. The molecule has 12 heavy (non-hydrogen) atoms. The highest BCUT2D eigenvalue weighted by Crippen LogP contribution is 2.29. The van der Waals surface area contributed by atoms with Crippen LogP contribution in [0.2, 0.25) is 0 Å². The van der Waals surface area contributed by atoms with E-state index in [-0.39, 0.29) is 0 Å². The first-order valence-corrected chi connectivity index (χ1v) is 3.12. The number of pyridine rings is 1. The van der Waals surface area contributed by atoms with Gasteiger partial charge in [0.25, 0.3) is 6.43 Å². The zero-order valence-electron chi connectivity index (χ0n) is 6.22. The fourth-order valence-electron chi connectivity index (χ4n) is 0.809. The van der Waals surface area contributed by atoms with Gasteiger partial charge in [-0.2, -0.15) is 0 Å². The van der Waals surface area contributed by atoms with Crippen molar-refractivity contribution in [2.75, 3.05) is 7.11 Å². The Hall–Kier alpha value is -1.26. The van der Waals surface area contributed by atoms with Crippen molar-refractivity contribution in [2.45, 2.75) is 6.43 Å². The molecule has 0 saturated heterocycles. The molecule has 66 valence electrons. The van der Waals surface area contributed by atoms with E-state index in [4.69, 9.17) is 0 Å². The first-order chi connectivity index (χ1) is 5.66. The number of nitrogens with zero attached hydrogens (tertiary/aromatic N) is 1. The quantitative estimate of drug-likeness (QED) is 0.690. The van der Waals surface area contributed by atoms with E-state index in [2.05, 4.69) is 9.72 Å². The summed E-state index contributed by atoms with van der Waals surface area (Å²) in [5.41, 5.74) is -0.530. The monoisotopic (exact) mass is 177 g/mol. The smallest absolute Gasteiger partial charge is 0.269 e. The minimum atomic E-state index is -2.77. The molecule has 0 N–H and O–H groups in total. The van der Waals surface area contributed by atoms with Gasteiger partial charge in [0, 0.05) is 6.20 Å². The second-order valence-electron chi connectivity index (χ2n) is 2.04. The Morgan fingerprint density at radius 3 is 2.50 bits per heavy atom. The number of aromatic nitrogens is 1. The molecule has 1 rings (SSSR count). The standard InChI is InChI=1S/C7H6F3NO/c1-12-6-4(7(9)10)2-11-3-5(6)8/h2-3,7H,1H3.